The van der Waals surface area contributed by atoms with Crippen LogP contribution in [0.25, 0.3) is 10.9 Å². The number of piperidine rings is 1. The molecule has 1 aromatic heterocycles. The molecule has 0 bridgehead atoms. The van der Waals surface area contributed by atoms with Gasteiger partial charge >= 0.3 is 0 Å². The van der Waals surface area contributed by atoms with Crippen molar-refractivity contribution in [2.45, 2.75) is 51.0 Å². The van der Waals surface area contributed by atoms with Gasteiger partial charge in [0.1, 0.15) is 0 Å². The highest BCUT2D eigenvalue weighted by atomic mass is 16.5. The summed E-state index contributed by atoms with van der Waals surface area (Å²) < 4.78 is 11.3. The van der Waals surface area contributed by atoms with E-state index in [9.17, 15) is 4.79 Å². The minimum Gasteiger partial charge on any atom is -0.493 e. The Kier molecular flexibility index (Phi) is 8.12. The molecule has 2 atom stereocenters. The number of rotatable bonds is 10. The molecule has 0 aliphatic carbocycles. The fraction of sp³-hybridized carbons (Fsp3) is 0.464. The number of hydrogen-bond acceptors (Lipinski definition) is 4. The van der Waals surface area contributed by atoms with Crippen molar-refractivity contribution < 1.29 is 14.3 Å². The number of para-hydroxylation sites is 2. The van der Waals surface area contributed by atoms with Crippen LogP contribution in [-0.2, 0) is 4.79 Å². The van der Waals surface area contributed by atoms with E-state index in [4.69, 9.17) is 9.47 Å². The number of carbonyl (C=O) groups excluding carboxylic acids is 1. The highest BCUT2D eigenvalue weighted by molar-refractivity contribution is 5.86. The van der Waals surface area contributed by atoms with Crippen LogP contribution in [0, 0.1) is 0 Å². The van der Waals surface area contributed by atoms with Gasteiger partial charge in [-0.3, -0.25) is 4.79 Å². The maximum Gasteiger partial charge on any atom is 0.220 e. The van der Waals surface area contributed by atoms with Gasteiger partial charge in [0.2, 0.25) is 5.91 Å². The molecule has 2 aromatic carbocycles. The van der Waals surface area contributed by atoms with Crippen molar-refractivity contribution in [1.29, 1.82) is 0 Å². The summed E-state index contributed by atoms with van der Waals surface area (Å²) in [6.45, 7) is 5.22. The largest absolute Gasteiger partial charge is 0.493 e. The van der Waals surface area contributed by atoms with E-state index in [0.29, 0.717) is 30.5 Å². The lowest BCUT2D eigenvalue weighted by Gasteiger charge is -2.33. The van der Waals surface area contributed by atoms with Crippen LogP contribution in [0.2, 0.25) is 0 Å². The third-order valence-corrected chi connectivity index (χ3v) is 7.08. The minimum atomic E-state index is -0.164. The van der Waals surface area contributed by atoms with E-state index in [1.54, 1.807) is 14.2 Å². The van der Waals surface area contributed by atoms with Gasteiger partial charge in [-0.2, -0.15) is 0 Å². The quantitative estimate of drug-likeness (QED) is 0.411. The standard InChI is InChI=1S/C28H37N3O3/c1-20-10-6-7-16-31(20)17-9-15-29-27(32)18-23(22-12-8-14-26(33-2)28(22)34-3)24-19-30-25-13-5-4-11-21(24)25/h4-5,8,11-14,19-20,23,30H,6-7,9-10,15-18H2,1-3H3,(H,29,32)/t20-,23+/m1/s1. The third kappa shape index (κ3) is 5.39. The van der Waals surface area contributed by atoms with E-state index in [2.05, 4.69) is 34.3 Å². The van der Waals surface area contributed by atoms with Gasteiger partial charge in [-0.1, -0.05) is 36.8 Å². The Balaban J connectivity index is 1.51. The summed E-state index contributed by atoms with van der Waals surface area (Å²) in [5.41, 5.74) is 3.09. The van der Waals surface area contributed by atoms with Crippen molar-refractivity contribution in [3.8, 4) is 11.5 Å². The van der Waals surface area contributed by atoms with Crippen molar-refractivity contribution in [3.63, 3.8) is 0 Å². The highest BCUT2D eigenvalue weighted by Gasteiger charge is 2.26. The Bertz CT molecular complexity index is 1090. The summed E-state index contributed by atoms with van der Waals surface area (Å²) >= 11 is 0. The Morgan fingerprint density at radius 1 is 1.12 bits per heavy atom. The molecule has 2 heterocycles. The van der Waals surface area contributed by atoms with Gasteiger partial charge in [0.15, 0.2) is 11.5 Å². The smallest absolute Gasteiger partial charge is 0.220 e. The van der Waals surface area contributed by atoms with Crippen LogP contribution >= 0.6 is 0 Å². The molecule has 2 N–H and O–H groups in total. The first-order valence-electron chi connectivity index (χ1n) is 12.4. The maximum atomic E-state index is 13.1. The van der Waals surface area contributed by atoms with E-state index >= 15 is 0 Å². The number of likely N-dealkylation sites (tertiary alicyclic amines) is 1. The number of nitrogens with zero attached hydrogens (tertiary/aromatic N) is 1. The number of H-pyrrole nitrogens is 1. The number of methoxy groups -OCH3 is 2. The average molecular weight is 464 g/mol. The fourth-order valence-corrected chi connectivity index (χ4v) is 5.21. The molecular formula is C28H37N3O3. The second-order valence-corrected chi connectivity index (χ2v) is 9.21. The lowest BCUT2D eigenvalue weighted by molar-refractivity contribution is -0.121. The number of nitrogens with one attached hydrogen (secondary N) is 2. The van der Waals surface area contributed by atoms with E-state index in [1.165, 1.54) is 25.8 Å². The molecule has 1 fully saturated rings. The van der Waals surface area contributed by atoms with E-state index in [1.807, 2.05) is 36.5 Å². The van der Waals surface area contributed by atoms with E-state index < -0.39 is 0 Å². The second kappa shape index (κ2) is 11.4. The number of carbonyl (C=O) groups is 1. The Hall–Kier alpha value is -2.99. The van der Waals surface area contributed by atoms with Crippen LogP contribution in [0.3, 0.4) is 0 Å². The molecule has 6 heteroatoms. The van der Waals surface area contributed by atoms with Crippen molar-refractivity contribution in [2.75, 3.05) is 33.9 Å². The Morgan fingerprint density at radius 2 is 1.97 bits per heavy atom. The van der Waals surface area contributed by atoms with Gasteiger partial charge in [0.05, 0.1) is 14.2 Å². The number of benzene rings is 2. The van der Waals surface area contributed by atoms with Crippen molar-refractivity contribution in [2.24, 2.45) is 0 Å². The SMILES string of the molecule is COc1cccc([C@H](CC(=O)NCCCN2CCCC[C@H]2C)c2c[nH]c3ccccc23)c1OC. The van der Waals surface area contributed by atoms with Crippen LogP contribution in [0.1, 0.15) is 56.1 Å². The number of aromatic amines is 1. The zero-order valence-electron chi connectivity index (χ0n) is 20.6. The summed E-state index contributed by atoms with van der Waals surface area (Å²) in [6, 6.07) is 14.7. The second-order valence-electron chi connectivity index (χ2n) is 9.21. The van der Waals surface area contributed by atoms with Crippen molar-refractivity contribution in [1.82, 2.24) is 15.2 Å². The molecule has 1 saturated heterocycles. The monoisotopic (exact) mass is 463 g/mol. The van der Waals surface area contributed by atoms with Gasteiger partial charge in [-0.25, -0.2) is 0 Å². The van der Waals surface area contributed by atoms with Gasteiger partial charge in [0, 0.05) is 54.1 Å². The predicted molar refractivity (Wildman–Crippen MR) is 137 cm³/mol. The number of amides is 1. The zero-order chi connectivity index (χ0) is 23.9. The van der Waals surface area contributed by atoms with Crippen LogP contribution in [0.4, 0.5) is 0 Å². The molecule has 1 aliphatic heterocycles. The first-order valence-corrected chi connectivity index (χ1v) is 12.4. The van der Waals surface area contributed by atoms with E-state index in [0.717, 1.165) is 35.0 Å². The zero-order valence-corrected chi connectivity index (χ0v) is 20.6. The van der Waals surface area contributed by atoms with Crippen LogP contribution in [0.5, 0.6) is 11.5 Å². The lowest BCUT2D eigenvalue weighted by atomic mass is 9.87. The van der Waals surface area contributed by atoms with Gasteiger partial charge in [-0.15, -0.1) is 0 Å². The summed E-state index contributed by atoms with van der Waals surface area (Å²) in [5.74, 6) is 1.23. The topological polar surface area (TPSA) is 66.6 Å². The number of fused-ring (bicyclic) bond motifs is 1. The number of aromatic nitrogens is 1. The normalized spacial score (nSPS) is 17.4. The van der Waals surface area contributed by atoms with Crippen molar-refractivity contribution in [3.05, 3.63) is 59.8 Å². The molecule has 4 rings (SSSR count). The van der Waals surface area contributed by atoms with Gasteiger partial charge in [-0.05, 0) is 50.4 Å². The molecular weight excluding hydrogens is 426 g/mol. The number of hydrogen-bond donors (Lipinski definition) is 2. The summed E-state index contributed by atoms with van der Waals surface area (Å²) in [7, 11) is 3.29. The van der Waals surface area contributed by atoms with Crippen LogP contribution < -0.4 is 14.8 Å². The van der Waals surface area contributed by atoms with Crippen LogP contribution in [-0.4, -0.2) is 55.7 Å². The minimum absolute atomic E-state index is 0.0480. The first-order chi connectivity index (χ1) is 16.6. The molecule has 3 aromatic rings. The predicted octanol–water partition coefficient (Wildman–Crippen LogP) is 5.09. The van der Waals surface area contributed by atoms with Gasteiger partial charge in [0.25, 0.3) is 0 Å². The molecule has 34 heavy (non-hydrogen) atoms. The summed E-state index contributed by atoms with van der Waals surface area (Å²) in [5, 5.41) is 4.28. The third-order valence-electron chi connectivity index (χ3n) is 7.08. The van der Waals surface area contributed by atoms with E-state index in [-0.39, 0.29) is 11.8 Å². The summed E-state index contributed by atoms with van der Waals surface area (Å²) in [4.78, 5) is 19.0. The molecule has 1 aliphatic rings. The molecule has 182 valence electrons. The highest BCUT2D eigenvalue weighted by Crippen LogP contribution is 2.41. The molecule has 0 unspecified atom stereocenters. The lowest BCUT2D eigenvalue weighted by Crippen LogP contribution is -2.39. The maximum absolute atomic E-state index is 13.1. The summed E-state index contributed by atoms with van der Waals surface area (Å²) in [6.07, 6.45) is 7.21. The molecule has 1 amide bonds. The molecule has 6 nitrogen and oxygen atoms in total. The molecule has 0 saturated carbocycles. The average Bonchev–Trinajstić information content (AvgIpc) is 3.29. The van der Waals surface area contributed by atoms with Crippen LogP contribution in [0.15, 0.2) is 48.7 Å². The Labute approximate surface area is 202 Å². The molecule has 0 spiro atoms. The van der Waals surface area contributed by atoms with Gasteiger partial charge < -0.3 is 24.7 Å². The fourth-order valence-electron chi connectivity index (χ4n) is 5.21. The van der Waals surface area contributed by atoms with Crippen molar-refractivity contribution >= 4 is 16.8 Å². The Morgan fingerprint density at radius 3 is 2.76 bits per heavy atom. The molecule has 0 radical (unpaired) electrons. The number of ether oxygens (including phenoxy) is 2. The first kappa shape index (κ1) is 24.1.